The molecule has 8 nitrogen and oxygen atoms in total. The molecule has 0 unspecified atom stereocenters. The van der Waals surface area contributed by atoms with Gasteiger partial charge in [0.2, 0.25) is 5.95 Å². The molecule has 18 heavy (non-hydrogen) atoms. The van der Waals surface area contributed by atoms with Crippen molar-refractivity contribution in [1.29, 1.82) is 0 Å². The minimum Gasteiger partial charge on any atom is -0.466 e. The van der Waals surface area contributed by atoms with Gasteiger partial charge in [-0.25, -0.2) is 14.6 Å². The van der Waals surface area contributed by atoms with Crippen LogP contribution < -0.4 is 16.2 Å². The molecule has 1 aromatic heterocycles. The first kappa shape index (κ1) is 13.4. The summed E-state index contributed by atoms with van der Waals surface area (Å²) < 4.78 is 9.20. The molecular formula is C10H12N4O4. The predicted molar refractivity (Wildman–Crippen MR) is 62.4 cm³/mol. The highest BCUT2D eigenvalue weighted by molar-refractivity contribution is 5.92. The third-order valence-corrected chi connectivity index (χ3v) is 1.84. The molecule has 4 N–H and O–H groups in total. The Morgan fingerprint density at radius 2 is 1.78 bits per heavy atom. The Bertz CT molecular complexity index is 490. The molecular weight excluding hydrogens is 240 g/mol. The van der Waals surface area contributed by atoms with E-state index in [9.17, 15) is 9.59 Å². The number of nitrogens with zero attached hydrogens (tertiary/aromatic N) is 2. The van der Waals surface area contributed by atoms with Crippen LogP contribution in [0.5, 0.6) is 5.75 Å². The Kier molecular flexibility index (Phi) is 4.19. The normalized spacial score (nSPS) is 10.3. The minimum absolute atomic E-state index is 0.00344. The summed E-state index contributed by atoms with van der Waals surface area (Å²) in [6.07, 6.45) is 1.83. The Morgan fingerprint density at radius 3 is 2.33 bits per heavy atom. The summed E-state index contributed by atoms with van der Waals surface area (Å²) in [4.78, 5) is 29.6. The first-order valence-electron chi connectivity index (χ1n) is 4.81. The fourth-order valence-electron chi connectivity index (χ4n) is 1.07. The Hall–Kier alpha value is -2.64. The smallest absolute Gasteiger partial charge is 0.336 e. The second kappa shape index (κ2) is 5.62. The van der Waals surface area contributed by atoms with Crippen molar-refractivity contribution in [3.05, 3.63) is 17.8 Å². The SMILES string of the molecule is COC(=O)/C=C/C(=O)Oc1c(C)nc(N)nc1N. The Labute approximate surface area is 103 Å². The lowest BCUT2D eigenvalue weighted by Crippen LogP contribution is -2.11. The number of anilines is 2. The molecule has 1 rings (SSSR count). The number of nitrogens with two attached hydrogens (primary N) is 2. The van der Waals surface area contributed by atoms with Gasteiger partial charge in [-0.3, -0.25) is 0 Å². The van der Waals surface area contributed by atoms with Crippen molar-refractivity contribution in [1.82, 2.24) is 9.97 Å². The van der Waals surface area contributed by atoms with Gasteiger partial charge in [0.05, 0.1) is 12.8 Å². The second-order valence-corrected chi connectivity index (χ2v) is 3.16. The van der Waals surface area contributed by atoms with E-state index in [-0.39, 0.29) is 17.5 Å². The maximum atomic E-state index is 11.4. The molecule has 0 amide bonds. The van der Waals surface area contributed by atoms with E-state index in [1.807, 2.05) is 0 Å². The molecule has 0 saturated carbocycles. The number of carbonyl (C=O) groups is 2. The first-order chi connectivity index (χ1) is 8.43. The van der Waals surface area contributed by atoms with Gasteiger partial charge in [0.1, 0.15) is 0 Å². The standard InChI is InChI=1S/C10H12N4O4/c1-5-8(9(11)14-10(12)13-5)18-7(16)4-3-6(15)17-2/h3-4H,1-2H3,(H4,11,12,13,14)/b4-3+. The largest absolute Gasteiger partial charge is 0.466 e. The molecule has 0 saturated heterocycles. The van der Waals surface area contributed by atoms with Crippen LogP contribution in [0.2, 0.25) is 0 Å². The molecule has 96 valence electrons. The lowest BCUT2D eigenvalue weighted by molar-refractivity contribution is -0.135. The third kappa shape index (κ3) is 3.44. The van der Waals surface area contributed by atoms with Crippen LogP contribution in [-0.2, 0) is 14.3 Å². The molecule has 0 aliphatic rings. The topological polar surface area (TPSA) is 130 Å². The number of nitrogen functional groups attached to an aromatic ring is 2. The number of hydrogen-bond acceptors (Lipinski definition) is 8. The van der Waals surface area contributed by atoms with Crippen molar-refractivity contribution in [2.75, 3.05) is 18.6 Å². The highest BCUT2D eigenvalue weighted by atomic mass is 16.5. The molecule has 0 aliphatic carbocycles. The van der Waals surface area contributed by atoms with Crippen molar-refractivity contribution >= 4 is 23.7 Å². The molecule has 0 aromatic carbocycles. The van der Waals surface area contributed by atoms with Crippen molar-refractivity contribution in [3.63, 3.8) is 0 Å². The van der Waals surface area contributed by atoms with E-state index in [4.69, 9.17) is 16.2 Å². The fraction of sp³-hybridized carbons (Fsp3) is 0.200. The van der Waals surface area contributed by atoms with E-state index in [0.29, 0.717) is 5.69 Å². The summed E-state index contributed by atoms with van der Waals surface area (Å²) in [6, 6.07) is 0. The zero-order valence-electron chi connectivity index (χ0n) is 9.84. The van der Waals surface area contributed by atoms with Crippen molar-refractivity contribution < 1.29 is 19.1 Å². The van der Waals surface area contributed by atoms with Crippen LogP contribution in [0.25, 0.3) is 0 Å². The molecule has 1 heterocycles. The van der Waals surface area contributed by atoms with E-state index < -0.39 is 11.9 Å². The molecule has 0 atom stereocenters. The van der Waals surface area contributed by atoms with Crippen molar-refractivity contribution in [3.8, 4) is 5.75 Å². The average molecular weight is 252 g/mol. The first-order valence-corrected chi connectivity index (χ1v) is 4.81. The molecule has 0 spiro atoms. The highest BCUT2D eigenvalue weighted by Gasteiger charge is 2.12. The lowest BCUT2D eigenvalue weighted by atomic mass is 10.4. The van der Waals surface area contributed by atoms with Gasteiger partial charge in [0.25, 0.3) is 0 Å². The fourth-order valence-corrected chi connectivity index (χ4v) is 1.07. The summed E-state index contributed by atoms with van der Waals surface area (Å²) in [5, 5.41) is 0. The molecule has 0 radical (unpaired) electrons. The zero-order valence-corrected chi connectivity index (χ0v) is 9.84. The number of carbonyl (C=O) groups excluding carboxylic acids is 2. The van der Waals surface area contributed by atoms with Crippen LogP contribution in [0.3, 0.4) is 0 Å². The van der Waals surface area contributed by atoms with Crippen LogP contribution in [0.15, 0.2) is 12.2 Å². The summed E-state index contributed by atoms with van der Waals surface area (Å²) in [5.74, 6) is -1.55. The molecule has 0 fully saturated rings. The van der Waals surface area contributed by atoms with Crippen molar-refractivity contribution in [2.45, 2.75) is 6.92 Å². The van der Waals surface area contributed by atoms with Gasteiger partial charge < -0.3 is 20.9 Å². The van der Waals surface area contributed by atoms with E-state index >= 15 is 0 Å². The third-order valence-electron chi connectivity index (χ3n) is 1.84. The van der Waals surface area contributed by atoms with E-state index in [2.05, 4.69) is 14.7 Å². The van der Waals surface area contributed by atoms with Gasteiger partial charge in [-0.1, -0.05) is 0 Å². The number of rotatable bonds is 3. The number of aryl methyl sites for hydroxylation is 1. The quantitative estimate of drug-likeness (QED) is 0.548. The Morgan fingerprint density at radius 1 is 1.17 bits per heavy atom. The van der Waals surface area contributed by atoms with Gasteiger partial charge in [0, 0.05) is 12.2 Å². The van der Waals surface area contributed by atoms with Crippen LogP contribution >= 0.6 is 0 Å². The van der Waals surface area contributed by atoms with Crippen LogP contribution in [-0.4, -0.2) is 29.0 Å². The molecule has 0 aliphatic heterocycles. The number of esters is 2. The average Bonchev–Trinajstić information content (AvgIpc) is 2.30. The van der Waals surface area contributed by atoms with Gasteiger partial charge in [-0.15, -0.1) is 0 Å². The van der Waals surface area contributed by atoms with Gasteiger partial charge in [-0.2, -0.15) is 4.98 Å². The number of methoxy groups -OCH3 is 1. The molecule has 8 heteroatoms. The molecule has 0 bridgehead atoms. The number of aromatic nitrogens is 2. The lowest BCUT2D eigenvalue weighted by Gasteiger charge is -2.07. The summed E-state index contributed by atoms with van der Waals surface area (Å²) in [5.41, 5.74) is 11.2. The monoisotopic (exact) mass is 252 g/mol. The van der Waals surface area contributed by atoms with Gasteiger partial charge in [-0.05, 0) is 6.92 Å². The predicted octanol–water partition coefficient (Wildman–Crippen LogP) is -0.416. The Balaban J connectivity index is 2.83. The van der Waals surface area contributed by atoms with Crippen LogP contribution in [0.1, 0.15) is 5.69 Å². The summed E-state index contributed by atoms with van der Waals surface area (Å²) >= 11 is 0. The highest BCUT2D eigenvalue weighted by Crippen LogP contribution is 2.23. The number of hydrogen-bond donors (Lipinski definition) is 2. The maximum Gasteiger partial charge on any atom is 0.336 e. The maximum absolute atomic E-state index is 11.4. The van der Waals surface area contributed by atoms with E-state index in [1.165, 1.54) is 7.11 Å². The van der Waals surface area contributed by atoms with Crippen LogP contribution in [0.4, 0.5) is 11.8 Å². The summed E-state index contributed by atoms with van der Waals surface area (Å²) in [7, 11) is 1.19. The minimum atomic E-state index is -0.802. The van der Waals surface area contributed by atoms with Gasteiger partial charge >= 0.3 is 11.9 Å². The van der Waals surface area contributed by atoms with Gasteiger partial charge in [0.15, 0.2) is 11.6 Å². The molecule has 1 aromatic rings. The van der Waals surface area contributed by atoms with E-state index in [0.717, 1.165) is 12.2 Å². The van der Waals surface area contributed by atoms with Crippen LogP contribution in [0, 0.1) is 6.92 Å². The van der Waals surface area contributed by atoms with Crippen molar-refractivity contribution in [2.24, 2.45) is 0 Å². The van der Waals surface area contributed by atoms with E-state index in [1.54, 1.807) is 6.92 Å². The summed E-state index contributed by atoms with van der Waals surface area (Å²) in [6.45, 7) is 1.56. The number of ether oxygens (including phenoxy) is 2. The second-order valence-electron chi connectivity index (χ2n) is 3.16. The zero-order chi connectivity index (χ0) is 13.7.